The van der Waals surface area contributed by atoms with Crippen molar-refractivity contribution in [2.45, 2.75) is 58.9 Å². The molecule has 0 aromatic rings. The molecule has 0 heterocycles. The molecule has 0 aromatic carbocycles. The molecule has 0 aliphatic carbocycles. The Bertz CT molecular complexity index is 269. The average Bonchev–Trinajstić information content (AvgIpc) is 2.20. The highest BCUT2D eigenvalue weighted by atomic mass is 16.1. The number of rotatable bonds is 8. The maximum Gasteiger partial charge on any atom is 0.125 e. The predicted octanol–water partition coefficient (Wildman–Crippen LogP) is 3.62. The minimum absolute atomic E-state index is 0.111. The molecule has 2 heteroatoms. The Kier molecular flexibility index (Phi) is 7.05. The fourth-order valence-electron chi connectivity index (χ4n) is 1.25. The van der Waals surface area contributed by atoms with Crippen LogP contribution < -0.4 is 5.73 Å². The number of hydrogen-bond donors (Lipinski definition) is 1. The summed E-state index contributed by atoms with van der Waals surface area (Å²) in [5, 5.41) is 0. The Balaban J connectivity index is 3.65. The zero-order valence-electron chi connectivity index (χ0n) is 11.7. The first-order chi connectivity index (χ1) is 7.77. The van der Waals surface area contributed by atoms with E-state index in [1.165, 1.54) is 0 Å². The monoisotopic (exact) mass is 237 g/mol. The molecular weight excluding hydrogens is 210 g/mol. The van der Waals surface area contributed by atoms with Crippen LogP contribution >= 0.6 is 0 Å². The van der Waals surface area contributed by atoms with Gasteiger partial charge in [-0.25, -0.2) is 0 Å². The lowest BCUT2D eigenvalue weighted by Crippen LogP contribution is -2.30. The quantitative estimate of drug-likeness (QED) is 0.398. The lowest BCUT2D eigenvalue weighted by Gasteiger charge is -2.14. The second-order valence-electron chi connectivity index (χ2n) is 6.02. The second kappa shape index (κ2) is 7.44. The van der Waals surface area contributed by atoms with Gasteiger partial charge in [0, 0.05) is 11.0 Å². The fraction of sp³-hybridized carbons (Fsp3) is 0.667. The molecule has 0 aromatic heterocycles. The SMILES string of the molecule is CC(C)(N)CC=CCCC=CCC(C)(C)C=O. The normalized spacial score (nSPS) is 13.7. The van der Waals surface area contributed by atoms with Crippen LogP contribution in [-0.2, 0) is 4.79 Å². The molecule has 0 unspecified atom stereocenters. The van der Waals surface area contributed by atoms with Crippen LogP contribution in [0.4, 0.5) is 0 Å². The summed E-state index contributed by atoms with van der Waals surface area (Å²) in [5.74, 6) is 0. The van der Waals surface area contributed by atoms with Gasteiger partial charge in [0.2, 0.25) is 0 Å². The highest BCUT2D eigenvalue weighted by Crippen LogP contribution is 2.17. The topological polar surface area (TPSA) is 43.1 Å². The smallest absolute Gasteiger partial charge is 0.125 e. The Labute approximate surface area is 106 Å². The van der Waals surface area contributed by atoms with E-state index in [-0.39, 0.29) is 11.0 Å². The van der Waals surface area contributed by atoms with Crippen LogP contribution in [-0.4, -0.2) is 11.8 Å². The van der Waals surface area contributed by atoms with Crippen LogP contribution in [0.1, 0.15) is 53.4 Å². The van der Waals surface area contributed by atoms with Crippen LogP contribution in [0.25, 0.3) is 0 Å². The standard InChI is InChI=1S/C15H27NO/c1-14(2,13-17)11-9-7-5-6-8-10-12-15(3,4)16/h7-10,13H,5-6,11-12,16H2,1-4H3. The van der Waals surface area contributed by atoms with Gasteiger partial charge in [0.25, 0.3) is 0 Å². The van der Waals surface area contributed by atoms with Crippen molar-refractivity contribution >= 4 is 6.29 Å². The molecule has 0 amide bonds. The van der Waals surface area contributed by atoms with Crippen molar-refractivity contribution in [1.29, 1.82) is 0 Å². The van der Waals surface area contributed by atoms with Gasteiger partial charge >= 0.3 is 0 Å². The number of carbonyl (C=O) groups excluding carboxylic acids is 1. The molecule has 0 saturated carbocycles. The van der Waals surface area contributed by atoms with E-state index >= 15 is 0 Å². The van der Waals surface area contributed by atoms with E-state index in [2.05, 4.69) is 24.3 Å². The van der Waals surface area contributed by atoms with E-state index in [1.807, 2.05) is 27.7 Å². The summed E-state index contributed by atoms with van der Waals surface area (Å²) in [6.45, 7) is 7.96. The molecule has 0 rings (SSSR count). The third kappa shape index (κ3) is 11.4. The van der Waals surface area contributed by atoms with Crippen LogP contribution in [0.15, 0.2) is 24.3 Å². The Hall–Kier alpha value is -0.890. The van der Waals surface area contributed by atoms with Crippen molar-refractivity contribution in [1.82, 2.24) is 0 Å². The van der Waals surface area contributed by atoms with E-state index in [0.29, 0.717) is 0 Å². The van der Waals surface area contributed by atoms with Gasteiger partial charge in [-0.05, 0) is 39.5 Å². The number of nitrogens with two attached hydrogens (primary N) is 1. The molecule has 0 fully saturated rings. The first-order valence-corrected chi connectivity index (χ1v) is 6.32. The van der Waals surface area contributed by atoms with Gasteiger partial charge in [-0.3, -0.25) is 0 Å². The Morgan fingerprint density at radius 1 is 0.882 bits per heavy atom. The van der Waals surface area contributed by atoms with Gasteiger partial charge in [0.1, 0.15) is 6.29 Å². The second-order valence-corrected chi connectivity index (χ2v) is 6.02. The number of aldehydes is 1. The van der Waals surface area contributed by atoms with E-state index in [4.69, 9.17) is 5.73 Å². The van der Waals surface area contributed by atoms with Crippen LogP contribution in [0, 0.1) is 5.41 Å². The maximum absolute atomic E-state index is 10.7. The highest BCUT2D eigenvalue weighted by Gasteiger charge is 2.13. The zero-order chi connectivity index (χ0) is 13.4. The number of hydrogen-bond acceptors (Lipinski definition) is 2. The summed E-state index contributed by atoms with van der Waals surface area (Å²) in [6, 6.07) is 0. The summed E-state index contributed by atoms with van der Waals surface area (Å²) < 4.78 is 0. The summed E-state index contributed by atoms with van der Waals surface area (Å²) in [4.78, 5) is 10.7. The lowest BCUT2D eigenvalue weighted by atomic mass is 9.91. The Morgan fingerprint density at radius 2 is 1.35 bits per heavy atom. The van der Waals surface area contributed by atoms with Crippen molar-refractivity contribution in [3.63, 3.8) is 0 Å². The summed E-state index contributed by atoms with van der Waals surface area (Å²) >= 11 is 0. The largest absolute Gasteiger partial charge is 0.325 e. The van der Waals surface area contributed by atoms with Crippen LogP contribution in [0.3, 0.4) is 0 Å². The van der Waals surface area contributed by atoms with Gasteiger partial charge in [0.15, 0.2) is 0 Å². The Morgan fingerprint density at radius 3 is 1.76 bits per heavy atom. The molecular formula is C15H27NO. The summed E-state index contributed by atoms with van der Waals surface area (Å²) in [7, 11) is 0. The van der Waals surface area contributed by atoms with Crippen molar-refractivity contribution in [3.8, 4) is 0 Å². The first-order valence-electron chi connectivity index (χ1n) is 6.32. The molecule has 0 spiro atoms. The average molecular weight is 237 g/mol. The van der Waals surface area contributed by atoms with E-state index in [1.54, 1.807) is 0 Å². The number of carbonyl (C=O) groups is 1. The molecule has 2 nitrogen and oxygen atoms in total. The van der Waals surface area contributed by atoms with Gasteiger partial charge in [-0.15, -0.1) is 0 Å². The van der Waals surface area contributed by atoms with Gasteiger partial charge in [-0.1, -0.05) is 38.2 Å². The van der Waals surface area contributed by atoms with Gasteiger partial charge < -0.3 is 10.5 Å². The van der Waals surface area contributed by atoms with Crippen LogP contribution in [0.2, 0.25) is 0 Å². The lowest BCUT2D eigenvalue weighted by molar-refractivity contribution is -0.114. The van der Waals surface area contributed by atoms with E-state index in [9.17, 15) is 4.79 Å². The van der Waals surface area contributed by atoms with E-state index in [0.717, 1.165) is 32.0 Å². The summed E-state index contributed by atoms with van der Waals surface area (Å²) in [5.41, 5.74) is 5.53. The van der Waals surface area contributed by atoms with Crippen molar-refractivity contribution in [2.24, 2.45) is 11.1 Å². The van der Waals surface area contributed by atoms with Crippen LogP contribution in [0.5, 0.6) is 0 Å². The molecule has 0 saturated heterocycles. The molecule has 0 aliphatic heterocycles. The van der Waals surface area contributed by atoms with Gasteiger partial charge in [0.05, 0.1) is 0 Å². The summed E-state index contributed by atoms with van der Waals surface area (Å²) in [6.07, 6.45) is 13.3. The minimum atomic E-state index is -0.226. The first kappa shape index (κ1) is 16.1. The number of allylic oxidation sites excluding steroid dienone is 3. The molecule has 17 heavy (non-hydrogen) atoms. The third-order valence-corrected chi connectivity index (χ3v) is 2.44. The molecule has 0 atom stereocenters. The third-order valence-electron chi connectivity index (χ3n) is 2.44. The molecule has 2 N–H and O–H groups in total. The zero-order valence-corrected chi connectivity index (χ0v) is 11.7. The predicted molar refractivity (Wildman–Crippen MR) is 74.9 cm³/mol. The number of unbranched alkanes of at least 4 members (excludes halogenated alkanes) is 1. The van der Waals surface area contributed by atoms with Crippen molar-refractivity contribution < 1.29 is 4.79 Å². The molecule has 0 radical (unpaired) electrons. The van der Waals surface area contributed by atoms with Gasteiger partial charge in [-0.2, -0.15) is 0 Å². The molecule has 0 bridgehead atoms. The van der Waals surface area contributed by atoms with Crippen molar-refractivity contribution in [2.75, 3.05) is 0 Å². The molecule has 98 valence electrons. The van der Waals surface area contributed by atoms with Crippen molar-refractivity contribution in [3.05, 3.63) is 24.3 Å². The molecule has 0 aliphatic rings. The highest BCUT2D eigenvalue weighted by molar-refractivity contribution is 5.58. The van der Waals surface area contributed by atoms with E-state index < -0.39 is 0 Å². The minimum Gasteiger partial charge on any atom is -0.325 e. The fourth-order valence-corrected chi connectivity index (χ4v) is 1.25. The maximum atomic E-state index is 10.7.